The lowest BCUT2D eigenvalue weighted by Crippen LogP contribution is -2.28. The Bertz CT molecular complexity index is 212. The van der Waals surface area contributed by atoms with Gasteiger partial charge >= 0.3 is 0 Å². The van der Waals surface area contributed by atoms with Crippen molar-refractivity contribution in [3.63, 3.8) is 0 Å². The first kappa shape index (κ1) is 9.09. The molecule has 4 heteroatoms. The van der Waals surface area contributed by atoms with Crippen LogP contribution in [0.15, 0.2) is 18.6 Å². The number of hydrazine groups is 1. The van der Waals surface area contributed by atoms with E-state index in [1.807, 2.05) is 6.07 Å². The first-order valence-electron chi connectivity index (χ1n) is 4.10. The lowest BCUT2D eigenvalue weighted by molar-refractivity contribution is 0.497. The van der Waals surface area contributed by atoms with Crippen LogP contribution in [0.5, 0.6) is 0 Å². The van der Waals surface area contributed by atoms with E-state index in [9.17, 15) is 0 Å². The summed E-state index contributed by atoms with van der Waals surface area (Å²) in [4.78, 5) is 7.96. The second kappa shape index (κ2) is 4.79. The third-order valence-electron chi connectivity index (χ3n) is 1.74. The van der Waals surface area contributed by atoms with Gasteiger partial charge in [-0.05, 0) is 12.5 Å². The molecule has 0 spiro atoms. The minimum absolute atomic E-state index is 0.151. The number of hydrogen-bond acceptors (Lipinski definition) is 4. The fourth-order valence-corrected chi connectivity index (χ4v) is 1.11. The second-order valence-electron chi connectivity index (χ2n) is 2.64. The summed E-state index contributed by atoms with van der Waals surface area (Å²) in [6.45, 7) is 2.12. The molecule has 0 saturated carbocycles. The Morgan fingerprint density at radius 3 is 3.00 bits per heavy atom. The van der Waals surface area contributed by atoms with Gasteiger partial charge in [0.05, 0.1) is 11.7 Å². The van der Waals surface area contributed by atoms with Crippen LogP contribution < -0.4 is 11.3 Å². The Labute approximate surface area is 72.2 Å². The Hall–Kier alpha value is -1.00. The van der Waals surface area contributed by atoms with Gasteiger partial charge in [-0.1, -0.05) is 13.3 Å². The quantitative estimate of drug-likeness (QED) is 0.512. The highest BCUT2D eigenvalue weighted by Gasteiger charge is 2.08. The van der Waals surface area contributed by atoms with Gasteiger partial charge in [0.1, 0.15) is 6.33 Å². The Balaban J connectivity index is 2.66. The van der Waals surface area contributed by atoms with Crippen LogP contribution >= 0.6 is 0 Å². The maximum atomic E-state index is 5.38. The summed E-state index contributed by atoms with van der Waals surface area (Å²) >= 11 is 0. The van der Waals surface area contributed by atoms with Crippen LogP contribution in [-0.2, 0) is 0 Å². The molecule has 0 aliphatic carbocycles. The van der Waals surface area contributed by atoms with E-state index < -0.39 is 0 Å². The summed E-state index contributed by atoms with van der Waals surface area (Å²) in [7, 11) is 0. The van der Waals surface area contributed by atoms with Gasteiger partial charge in [0.25, 0.3) is 0 Å². The number of rotatable bonds is 4. The number of nitrogens with two attached hydrogens (primary N) is 1. The zero-order chi connectivity index (χ0) is 8.81. The van der Waals surface area contributed by atoms with Crippen molar-refractivity contribution >= 4 is 0 Å². The molecule has 3 N–H and O–H groups in total. The molecule has 1 aromatic heterocycles. The summed E-state index contributed by atoms with van der Waals surface area (Å²) in [6.07, 6.45) is 5.34. The molecule has 1 rings (SSSR count). The molecule has 0 aromatic carbocycles. The highest BCUT2D eigenvalue weighted by atomic mass is 15.2. The molecular formula is C8H14N4. The van der Waals surface area contributed by atoms with Gasteiger partial charge in [-0.2, -0.15) is 0 Å². The van der Waals surface area contributed by atoms with Crippen LogP contribution in [0, 0.1) is 0 Å². The summed E-state index contributed by atoms with van der Waals surface area (Å²) in [5.74, 6) is 5.38. The number of hydrogen-bond donors (Lipinski definition) is 2. The van der Waals surface area contributed by atoms with Gasteiger partial charge in [-0.15, -0.1) is 0 Å². The Morgan fingerprint density at radius 1 is 1.67 bits per heavy atom. The van der Waals surface area contributed by atoms with Crippen molar-refractivity contribution in [2.45, 2.75) is 25.8 Å². The second-order valence-corrected chi connectivity index (χ2v) is 2.64. The van der Waals surface area contributed by atoms with Gasteiger partial charge in [-0.25, -0.2) is 9.97 Å². The molecule has 0 bridgehead atoms. The SMILES string of the molecule is CCCC(NN)c1ccncn1. The summed E-state index contributed by atoms with van der Waals surface area (Å²) in [5, 5.41) is 0. The van der Waals surface area contributed by atoms with Crippen molar-refractivity contribution in [1.29, 1.82) is 0 Å². The van der Waals surface area contributed by atoms with Crippen LogP contribution in [0.2, 0.25) is 0 Å². The molecule has 0 amide bonds. The number of nitrogens with one attached hydrogen (secondary N) is 1. The van der Waals surface area contributed by atoms with E-state index in [1.165, 1.54) is 6.33 Å². The zero-order valence-electron chi connectivity index (χ0n) is 7.20. The molecule has 1 atom stereocenters. The lowest BCUT2D eigenvalue weighted by atomic mass is 10.1. The van der Waals surface area contributed by atoms with Crippen LogP contribution in [0.1, 0.15) is 31.5 Å². The molecule has 0 aliphatic rings. The van der Waals surface area contributed by atoms with Crippen LogP contribution in [0.25, 0.3) is 0 Å². The third kappa shape index (κ3) is 2.25. The van der Waals surface area contributed by atoms with Gasteiger partial charge in [0, 0.05) is 6.20 Å². The molecule has 0 radical (unpaired) electrons. The van der Waals surface area contributed by atoms with E-state index in [4.69, 9.17) is 5.84 Å². The average Bonchev–Trinajstić information content (AvgIpc) is 2.15. The van der Waals surface area contributed by atoms with E-state index in [2.05, 4.69) is 22.3 Å². The maximum Gasteiger partial charge on any atom is 0.115 e. The fourth-order valence-electron chi connectivity index (χ4n) is 1.11. The van der Waals surface area contributed by atoms with E-state index in [0.717, 1.165) is 18.5 Å². The number of aromatic nitrogens is 2. The normalized spacial score (nSPS) is 12.8. The predicted octanol–water partition coefficient (Wildman–Crippen LogP) is 0.781. The number of nitrogens with zero attached hydrogens (tertiary/aromatic N) is 2. The maximum absolute atomic E-state index is 5.38. The fraction of sp³-hybridized carbons (Fsp3) is 0.500. The summed E-state index contributed by atoms with van der Waals surface area (Å²) in [6, 6.07) is 2.03. The minimum Gasteiger partial charge on any atom is -0.271 e. The molecule has 4 nitrogen and oxygen atoms in total. The molecule has 1 aromatic rings. The van der Waals surface area contributed by atoms with Crippen molar-refractivity contribution in [2.24, 2.45) is 5.84 Å². The van der Waals surface area contributed by atoms with E-state index >= 15 is 0 Å². The first-order valence-corrected chi connectivity index (χ1v) is 4.10. The highest BCUT2D eigenvalue weighted by Crippen LogP contribution is 2.13. The Morgan fingerprint density at radius 2 is 2.50 bits per heavy atom. The molecule has 12 heavy (non-hydrogen) atoms. The van der Waals surface area contributed by atoms with Crippen molar-refractivity contribution in [1.82, 2.24) is 15.4 Å². The third-order valence-corrected chi connectivity index (χ3v) is 1.74. The van der Waals surface area contributed by atoms with Crippen LogP contribution in [-0.4, -0.2) is 9.97 Å². The molecule has 1 heterocycles. The van der Waals surface area contributed by atoms with Gasteiger partial charge in [0.15, 0.2) is 0 Å². The van der Waals surface area contributed by atoms with Gasteiger partial charge < -0.3 is 0 Å². The van der Waals surface area contributed by atoms with Crippen LogP contribution in [0.4, 0.5) is 0 Å². The van der Waals surface area contributed by atoms with Crippen molar-refractivity contribution in [2.75, 3.05) is 0 Å². The minimum atomic E-state index is 0.151. The van der Waals surface area contributed by atoms with Crippen molar-refractivity contribution in [3.05, 3.63) is 24.3 Å². The Kier molecular flexibility index (Phi) is 3.63. The predicted molar refractivity (Wildman–Crippen MR) is 47.0 cm³/mol. The average molecular weight is 166 g/mol. The molecule has 1 unspecified atom stereocenters. The molecule has 0 fully saturated rings. The zero-order valence-corrected chi connectivity index (χ0v) is 7.20. The summed E-state index contributed by atoms with van der Waals surface area (Å²) in [5.41, 5.74) is 3.68. The smallest absolute Gasteiger partial charge is 0.115 e. The monoisotopic (exact) mass is 166 g/mol. The largest absolute Gasteiger partial charge is 0.271 e. The highest BCUT2D eigenvalue weighted by molar-refractivity contribution is 5.03. The van der Waals surface area contributed by atoms with Crippen LogP contribution in [0.3, 0.4) is 0 Å². The van der Waals surface area contributed by atoms with Gasteiger partial charge in [0.2, 0.25) is 0 Å². The molecule has 66 valence electrons. The topological polar surface area (TPSA) is 63.8 Å². The standard InChI is InChI=1S/C8H14N4/c1-2-3-8(12-9)7-4-5-10-6-11-7/h4-6,8,12H,2-3,9H2,1H3. The molecule has 0 aliphatic heterocycles. The molecule has 0 saturated heterocycles. The van der Waals surface area contributed by atoms with E-state index in [1.54, 1.807) is 6.20 Å². The van der Waals surface area contributed by atoms with E-state index in [0.29, 0.717) is 0 Å². The van der Waals surface area contributed by atoms with Crippen molar-refractivity contribution < 1.29 is 0 Å². The van der Waals surface area contributed by atoms with Crippen molar-refractivity contribution in [3.8, 4) is 0 Å². The lowest BCUT2D eigenvalue weighted by Gasteiger charge is -2.12. The summed E-state index contributed by atoms with van der Waals surface area (Å²) < 4.78 is 0. The van der Waals surface area contributed by atoms with E-state index in [-0.39, 0.29) is 6.04 Å². The van der Waals surface area contributed by atoms with Gasteiger partial charge in [-0.3, -0.25) is 11.3 Å². The molecular weight excluding hydrogens is 152 g/mol. The first-order chi connectivity index (χ1) is 5.88.